The van der Waals surface area contributed by atoms with Gasteiger partial charge in [0.2, 0.25) is 5.91 Å². The largest absolute Gasteiger partial charge is 0.487 e. The molecule has 1 saturated carbocycles. The second kappa shape index (κ2) is 7.42. The molecule has 1 N–H and O–H groups in total. The van der Waals surface area contributed by atoms with Crippen molar-refractivity contribution in [3.63, 3.8) is 0 Å². The highest BCUT2D eigenvalue weighted by molar-refractivity contribution is 5.81. The number of nitrogens with one attached hydrogen (secondary N) is 1. The molecular formula is C20H23F3N2O4. The molecule has 3 fully saturated rings. The second-order valence-electron chi connectivity index (χ2n) is 8.27. The smallest absolute Gasteiger partial charge is 0.407 e. The molecule has 1 aromatic carbocycles. The van der Waals surface area contributed by atoms with Gasteiger partial charge in [-0.15, -0.1) is 0 Å². The van der Waals surface area contributed by atoms with Crippen LogP contribution >= 0.6 is 0 Å². The summed E-state index contributed by atoms with van der Waals surface area (Å²) in [5.74, 6) is -3.62. The van der Waals surface area contributed by atoms with Crippen LogP contribution in [0.2, 0.25) is 0 Å². The minimum Gasteiger partial charge on any atom is -0.487 e. The lowest BCUT2D eigenvalue weighted by molar-refractivity contribution is -0.143. The van der Waals surface area contributed by atoms with Gasteiger partial charge in [-0.2, -0.15) is 0 Å². The number of alkyl carbamates (subject to hydrolysis) is 1. The van der Waals surface area contributed by atoms with Gasteiger partial charge < -0.3 is 19.7 Å². The number of carbonyl (C=O) groups excluding carboxylic acids is 2. The van der Waals surface area contributed by atoms with Crippen LogP contribution in [0.3, 0.4) is 0 Å². The zero-order chi connectivity index (χ0) is 20.8. The Kier molecular flexibility index (Phi) is 5.08. The molecule has 1 aromatic rings. The normalized spacial score (nSPS) is 27.9. The summed E-state index contributed by atoms with van der Waals surface area (Å²) in [5, 5.41) is 2.78. The average Bonchev–Trinajstić information content (AvgIpc) is 3.06. The zero-order valence-corrected chi connectivity index (χ0v) is 16.1. The number of likely N-dealkylation sites (tertiary alicyclic amines) is 1. The van der Waals surface area contributed by atoms with E-state index in [9.17, 15) is 22.8 Å². The van der Waals surface area contributed by atoms with Crippen molar-refractivity contribution < 1.29 is 32.2 Å². The number of benzene rings is 1. The highest BCUT2D eigenvalue weighted by Crippen LogP contribution is 2.42. The van der Waals surface area contributed by atoms with Gasteiger partial charge in [0.15, 0.2) is 23.2 Å². The Morgan fingerprint density at radius 3 is 2.48 bits per heavy atom. The fourth-order valence-electron chi connectivity index (χ4n) is 4.51. The second-order valence-corrected chi connectivity index (χ2v) is 8.27. The van der Waals surface area contributed by atoms with Gasteiger partial charge in [0.1, 0.15) is 6.61 Å². The van der Waals surface area contributed by atoms with Gasteiger partial charge in [-0.05, 0) is 38.5 Å². The third kappa shape index (κ3) is 3.86. The van der Waals surface area contributed by atoms with Gasteiger partial charge in [0.25, 0.3) is 0 Å². The van der Waals surface area contributed by atoms with E-state index in [4.69, 9.17) is 9.47 Å². The van der Waals surface area contributed by atoms with Gasteiger partial charge in [-0.3, -0.25) is 4.79 Å². The van der Waals surface area contributed by atoms with Crippen molar-refractivity contribution in [1.82, 2.24) is 10.2 Å². The topological polar surface area (TPSA) is 67.9 Å². The summed E-state index contributed by atoms with van der Waals surface area (Å²) in [6, 6.07) is 1.19. The number of cyclic esters (lactones) is 1. The van der Waals surface area contributed by atoms with Crippen molar-refractivity contribution in [2.45, 2.75) is 44.2 Å². The summed E-state index contributed by atoms with van der Waals surface area (Å²) in [7, 11) is 0. The van der Waals surface area contributed by atoms with Crippen molar-refractivity contribution in [3.05, 3.63) is 29.6 Å². The summed E-state index contributed by atoms with van der Waals surface area (Å²) in [4.78, 5) is 25.7. The van der Waals surface area contributed by atoms with Gasteiger partial charge in [-0.25, -0.2) is 18.0 Å². The maximum absolute atomic E-state index is 13.8. The van der Waals surface area contributed by atoms with Gasteiger partial charge in [0.05, 0.1) is 11.6 Å². The van der Waals surface area contributed by atoms with Crippen molar-refractivity contribution in [2.75, 3.05) is 19.7 Å². The molecule has 2 aliphatic heterocycles. The Morgan fingerprint density at radius 2 is 1.86 bits per heavy atom. The maximum atomic E-state index is 13.8. The number of carbonyl (C=O) groups is 2. The molecular weight excluding hydrogens is 389 g/mol. The SMILES string of the molecule is CC(Oc1cc(F)c(F)cc1F)C1CCN(C(=O)[C@H]2C[C@@]3(COC(=O)N3)C2)CC1. The molecule has 3 aliphatic rings. The van der Waals surface area contributed by atoms with Crippen LogP contribution in [0, 0.1) is 29.3 Å². The Labute approximate surface area is 166 Å². The fraction of sp³-hybridized carbons (Fsp3) is 0.600. The van der Waals surface area contributed by atoms with E-state index in [0.29, 0.717) is 51.4 Å². The predicted molar refractivity (Wildman–Crippen MR) is 95.6 cm³/mol. The Hall–Kier alpha value is -2.45. The molecule has 2 amide bonds. The summed E-state index contributed by atoms with van der Waals surface area (Å²) < 4.78 is 50.6. The van der Waals surface area contributed by atoms with Crippen LogP contribution < -0.4 is 10.1 Å². The van der Waals surface area contributed by atoms with E-state index >= 15 is 0 Å². The van der Waals surface area contributed by atoms with Gasteiger partial charge in [-0.1, -0.05) is 0 Å². The van der Waals surface area contributed by atoms with Crippen LogP contribution in [0.5, 0.6) is 5.75 Å². The first-order valence-electron chi connectivity index (χ1n) is 9.81. The maximum Gasteiger partial charge on any atom is 0.407 e. The first-order chi connectivity index (χ1) is 13.8. The third-order valence-electron chi connectivity index (χ3n) is 6.27. The van der Waals surface area contributed by atoms with Gasteiger partial charge >= 0.3 is 6.09 Å². The van der Waals surface area contributed by atoms with E-state index in [0.717, 1.165) is 6.07 Å². The molecule has 9 heteroatoms. The van der Waals surface area contributed by atoms with E-state index in [-0.39, 0.29) is 29.0 Å². The number of halogens is 3. The standard InChI is InChI=1S/C20H23F3N2O4/c1-11(29-17-7-15(22)14(21)6-16(17)23)12-2-4-25(5-3-12)18(26)13-8-20(9-13)10-28-19(27)24-20/h6-7,11-13H,2-5,8-10H2,1H3,(H,24,27)/t11?,13-,20-. The molecule has 29 heavy (non-hydrogen) atoms. The average molecular weight is 412 g/mol. The quantitative estimate of drug-likeness (QED) is 0.772. The van der Waals surface area contributed by atoms with Crippen molar-refractivity contribution in [1.29, 1.82) is 0 Å². The lowest BCUT2D eigenvalue weighted by Crippen LogP contribution is -2.58. The van der Waals surface area contributed by atoms with E-state index < -0.39 is 29.6 Å². The lowest BCUT2D eigenvalue weighted by Gasteiger charge is -2.45. The van der Waals surface area contributed by atoms with Crippen LogP contribution in [0.1, 0.15) is 32.6 Å². The number of ether oxygens (including phenoxy) is 2. The first kappa shape index (κ1) is 19.8. The monoisotopic (exact) mass is 412 g/mol. The molecule has 0 bridgehead atoms. The Bertz CT molecular complexity index is 820. The molecule has 2 saturated heterocycles. The number of hydrogen-bond donors (Lipinski definition) is 1. The number of nitrogens with zero attached hydrogens (tertiary/aromatic N) is 1. The van der Waals surface area contributed by atoms with Crippen LogP contribution in [-0.4, -0.2) is 48.2 Å². The molecule has 158 valence electrons. The minimum absolute atomic E-state index is 0.0711. The number of rotatable bonds is 4. The van der Waals surface area contributed by atoms with E-state index in [1.165, 1.54) is 0 Å². The Balaban J connectivity index is 1.27. The molecule has 0 radical (unpaired) electrons. The summed E-state index contributed by atoms with van der Waals surface area (Å²) in [6.45, 7) is 3.20. The number of piperidine rings is 1. The highest BCUT2D eigenvalue weighted by Gasteiger charge is 2.53. The molecule has 6 nitrogen and oxygen atoms in total. The molecule has 4 rings (SSSR count). The van der Waals surface area contributed by atoms with Gasteiger partial charge in [0, 0.05) is 31.1 Å². The van der Waals surface area contributed by atoms with Crippen molar-refractivity contribution in [2.24, 2.45) is 11.8 Å². The van der Waals surface area contributed by atoms with Crippen LogP contribution in [0.4, 0.5) is 18.0 Å². The van der Waals surface area contributed by atoms with E-state index in [1.807, 2.05) is 4.90 Å². The van der Waals surface area contributed by atoms with E-state index in [1.54, 1.807) is 6.92 Å². The number of amides is 2. The first-order valence-corrected chi connectivity index (χ1v) is 9.81. The van der Waals surface area contributed by atoms with Crippen LogP contribution in [0.15, 0.2) is 12.1 Å². The van der Waals surface area contributed by atoms with E-state index in [2.05, 4.69) is 5.32 Å². The van der Waals surface area contributed by atoms with Crippen LogP contribution in [-0.2, 0) is 9.53 Å². The molecule has 1 spiro atoms. The van der Waals surface area contributed by atoms with Crippen molar-refractivity contribution in [3.8, 4) is 5.75 Å². The van der Waals surface area contributed by atoms with Crippen molar-refractivity contribution >= 4 is 12.0 Å². The predicted octanol–water partition coefficient (Wildman–Crippen LogP) is 3.00. The highest BCUT2D eigenvalue weighted by atomic mass is 19.2. The summed E-state index contributed by atoms with van der Waals surface area (Å²) >= 11 is 0. The summed E-state index contributed by atoms with van der Waals surface area (Å²) in [5.41, 5.74) is -0.382. The molecule has 1 atom stereocenters. The molecule has 1 unspecified atom stereocenters. The summed E-state index contributed by atoms with van der Waals surface area (Å²) in [6.07, 6.45) is 1.71. The molecule has 2 heterocycles. The molecule has 1 aliphatic carbocycles. The third-order valence-corrected chi connectivity index (χ3v) is 6.27. The fourth-order valence-corrected chi connectivity index (χ4v) is 4.51. The zero-order valence-electron chi connectivity index (χ0n) is 16.1. The lowest BCUT2D eigenvalue weighted by atomic mass is 9.68. The molecule has 0 aromatic heterocycles. The minimum atomic E-state index is -1.25. The van der Waals surface area contributed by atoms with Crippen LogP contribution in [0.25, 0.3) is 0 Å². The number of hydrogen-bond acceptors (Lipinski definition) is 4. The Morgan fingerprint density at radius 1 is 1.21 bits per heavy atom.